The van der Waals surface area contributed by atoms with Crippen LogP contribution in [0, 0.1) is 0 Å². The number of hydrogen-bond acceptors (Lipinski definition) is 6. The lowest BCUT2D eigenvalue weighted by Crippen LogP contribution is -2.48. The number of thiazole rings is 1. The molecule has 1 aliphatic heterocycles. The van der Waals surface area contributed by atoms with Crippen LogP contribution in [-0.4, -0.2) is 63.7 Å². The highest BCUT2D eigenvalue weighted by molar-refractivity contribution is 7.09. The minimum atomic E-state index is 0.0219. The van der Waals surface area contributed by atoms with E-state index in [1.54, 1.807) is 23.6 Å². The Morgan fingerprint density at radius 1 is 1.42 bits per heavy atom. The van der Waals surface area contributed by atoms with Gasteiger partial charge in [0, 0.05) is 50.9 Å². The largest absolute Gasteiger partial charge is 0.372 e. The van der Waals surface area contributed by atoms with Crippen molar-refractivity contribution in [3.05, 3.63) is 34.0 Å². The van der Waals surface area contributed by atoms with Crippen molar-refractivity contribution < 1.29 is 9.53 Å². The molecule has 1 aliphatic rings. The fraction of sp³-hybridized carbons (Fsp3) is 0.562. The molecule has 2 aromatic rings. The molecule has 0 aliphatic carbocycles. The first-order valence-corrected chi connectivity index (χ1v) is 9.12. The van der Waals surface area contributed by atoms with Crippen molar-refractivity contribution in [2.45, 2.75) is 26.5 Å². The summed E-state index contributed by atoms with van der Waals surface area (Å²) in [6.07, 6.45) is 1.66. The van der Waals surface area contributed by atoms with Gasteiger partial charge in [-0.3, -0.25) is 14.8 Å². The van der Waals surface area contributed by atoms with E-state index in [4.69, 9.17) is 4.74 Å². The molecule has 0 saturated carbocycles. The number of H-pyrrole nitrogens is 1. The van der Waals surface area contributed by atoms with E-state index in [9.17, 15) is 4.79 Å². The topological polar surface area (TPSA) is 74.3 Å². The van der Waals surface area contributed by atoms with Crippen LogP contribution < -0.4 is 0 Å². The van der Waals surface area contributed by atoms with Gasteiger partial charge in [0.15, 0.2) is 0 Å². The van der Waals surface area contributed by atoms with Crippen molar-refractivity contribution in [3.8, 4) is 0 Å². The number of piperazine rings is 1. The Kier molecular flexibility index (Phi) is 5.60. The number of ether oxygens (including phenoxy) is 1. The number of carbonyl (C=O) groups is 1. The summed E-state index contributed by atoms with van der Waals surface area (Å²) >= 11 is 1.65. The molecule has 3 heterocycles. The predicted molar refractivity (Wildman–Crippen MR) is 91.9 cm³/mol. The first-order chi connectivity index (χ1) is 11.7. The second kappa shape index (κ2) is 7.87. The first kappa shape index (κ1) is 17.1. The summed E-state index contributed by atoms with van der Waals surface area (Å²) < 4.78 is 5.59. The lowest BCUT2D eigenvalue weighted by Gasteiger charge is -2.34. The highest BCUT2D eigenvalue weighted by atomic mass is 32.1. The minimum Gasteiger partial charge on any atom is -0.372 e. The number of rotatable bonds is 6. The van der Waals surface area contributed by atoms with Crippen LogP contribution in [0.15, 0.2) is 17.6 Å². The molecule has 130 valence electrons. The third-order valence-electron chi connectivity index (χ3n) is 4.11. The van der Waals surface area contributed by atoms with Crippen LogP contribution in [0.5, 0.6) is 0 Å². The Morgan fingerprint density at radius 3 is 2.88 bits per heavy atom. The van der Waals surface area contributed by atoms with E-state index in [-0.39, 0.29) is 12.0 Å². The quantitative estimate of drug-likeness (QED) is 0.862. The number of hydrogen-bond donors (Lipinski definition) is 1. The van der Waals surface area contributed by atoms with Gasteiger partial charge in [0.25, 0.3) is 5.91 Å². The van der Waals surface area contributed by atoms with Crippen LogP contribution >= 0.6 is 11.3 Å². The molecule has 1 saturated heterocycles. The van der Waals surface area contributed by atoms with E-state index in [1.165, 1.54) is 0 Å². The van der Waals surface area contributed by atoms with E-state index in [0.29, 0.717) is 12.3 Å². The first-order valence-electron chi connectivity index (χ1n) is 8.24. The number of nitrogens with zero attached hydrogens (tertiary/aromatic N) is 4. The molecule has 2 aromatic heterocycles. The fourth-order valence-corrected chi connectivity index (χ4v) is 3.60. The van der Waals surface area contributed by atoms with E-state index < -0.39 is 0 Å². The second-order valence-electron chi connectivity index (χ2n) is 5.81. The molecule has 0 unspecified atom stereocenters. The number of nitrogens with one attached hydrogen (secondary N) is 1. The summed E-state index contributed by atoms with van der Waals surface area (Å²) in [5.41, 5.74) is 1.63. The molecule has 7 nitrogen and oxygen atoms in total. The normalized spacial score (nSPS) is 17.2. The summed E-state index contributed by atoms with van der Waals surface area (Å²) in [7, 11) is 0. The van der Waals surface area contributed by atoms with Crippen molar-refractivity contribution >= 4 is 17.2 Å². The van der Waals surface area contributed by atoms with E-state index in [1.807, 2.05) is 18.7 Å². The van der Waals surface area contributed by atoms with Crippen LogP contribution in [0.25, 0.3) is 0 Å². The van der Waals surface area contributed by atoms with Crippen LogP contribution in [0.1, 0.15) is 41.1 Å². The summed E-state index contributed by atoms with van der Waals surface area (Å²) in [4.78, 5) is 21.2. The van der Waals surface area contributed by atoms with E-state index in [0.717, 1.165) is 43.4 Å². The smallest absolute Gasteiger partial charge is 0.271 e. The van der Waals surface area contributed by atoms with Crippen molar-refractivity contribution in [2.75, 3.05) is 32.8 Å². The van der Waals surface area contributed by atoms with Gasteiger partial charge in [-0.1, -0.05) is 0 Å². The highest BCUT2D eigenvalue weighted by Crippen LogP contribution is 2.22. The standard InChI is InChI=1S/C16H23N5O2S/c1-3-23-12(2)15-18-13(11-24-15)10-20-6-8-21(9-7-20)16(22)14-4-5-17-19-14/h4-5,11-12H,3,6-10H2,1-2H3,(H,17,19)/t12-/m1/s1. The number of aromatic amines is 1. The third kappa shape index (κ3) is 4.00. The van der Waals surface area contributed by atoms with Crippen molar-refractivity contribution in [2.24, 2.45) is 0 Å². The van der Waals surface area contributed by atoms with Gasteiger partial charge in [-0.05, 0) is 19.9 Å². The van der Waals surface area contributed by atoms with E-state index in [2.05, 4.69) is 25.5 Å². The van der Waals surface area contributed by atoms with Crippen molar-refractivity contribution in [1.82, 2.24) is 25.0 Å². The zero-order valence-electron chi connectivity index (χ0n) is 14.1. The predicted octanol–water partition coefficient (Wildman–Crippen LogP) is 1.92. The van der Waals surface area contributed by atoms with Gasteiger partial charge in [0.2, 0.25) is 0 Å². The van der Waals surface area contributed by atoms with Crippen LogP contribution in [0.4, 0.5) is 0 Å². The Balaban J connectivity index is 1.50. The highest BCUT2D eigenvalue weighted by Gasteiger charge is 2.23. The summed E-state index contributed by atoms with van der Waals surface area (Å²) in [6.45, 7) is 8.71. The molecule has 0 radical (unpaired) electrons. The van der Waals surface area contributed by atoms with Crippen LogP contribution in [-0.2, 0) is 11.3 Å². The zero-order valence-corrected chi connectivity index (χ0v) is 14.9. The maximum absolute atomic E-state index is 12.3. The number of carbonyl (C=O) groups excluding carboxylic acids is 1. The van der Waals surface area contributed by atoms with Gasteiger partial charge in [-0.15, -0.1) is 11.3 Å². The Labute approximate surface area is 145 Å². The molecule has 8 heteroatoms. The van der Waals surface area contributed by atoms with Gasteiger partial charge >= 0.3 is 0 Å². The Bertz CT molecular complexity index is 649. The molecule has 3 rings (SSSR count). The molecule has 0 aromatic carbocycles. The maximum atomic E-state index is 12.3. The lowest BCUT2D eigenvalue weighted by atomic mass is 10.2. The van der Waals surface area contributed by atoms with Crippen LogP contribution in [0.3, 0.4) is 0 Å². The summed E-state index contributed by atoms with van der Waals surface area (Å²) in [5.74, 6) is 0.0219. The molecule has 0 bridgehead atoms. The average molecular weight is 349 g/mol. The SMILES string of the molecule is CCO[C@H](C)c1nc(CN2CCN(C(=O)c3ccn[nH]3)CC2)cs1. The van der Waals surface area contributed by atoms with Gasteiger partial charge in [-0.25, -0.2) is 4.98 Å². The Hall–Kier alpha value is -1.77. The lowest BCUT2D eigenvalue weighted by molar-refractivity contribution is 0.0619. The number of aromatic nitrogens is 3. The van der Waals surface area contributed by atoms with Crippen molar-refractivity contribution in [3.63, 3.8) is 0 Å². The van der Waals surface area contributed by atoms with Crippen LogP contribution in [0.2, 0.25) is 0 Å². The van der Waals surface area contributed by atoms with Crippen molar-refractivity contribution in [1.29, 1.82) is 0 Å². The molecule has 1 N–H and O–H groups in total. The third-order valence-corrected chi connectivity index (χ3v) is 5.16. The summed E-state index contributed by atoms with van der Waals surface area (Å²) in [6, 6.07) is 1.71. The molecular weight excluding hydrogens is 326 g/mol. The van der Waals surface area contributed by atoms with Gasteiger partial charge in [0.05, 0.1) is 5.69 Å². The molecule has 1 fully saturated rings. The zero-order chi connectivity index (χ0) is 16.9. The van der Waals surface area contributed by atoms with Gasteiger partial charge in [-0.2, -0.15) is 5.10 Å². The molecule has 1 amide bonds. The fourth-order valence-electron chi connectivity index (χ4n) is 2.79. The molecular formula is C16H23N5O2S. The molecule has 1 atom stereocenters. The monoisotopic (exact) mass is 349 g/mol. The molecule has 0 spiro atoms. The van der Waals surface area contributed by atoms with E-state index >= 15 is 0 Å². The maximum Gasteiger partial charge on any atom is 0.271 e. The Morgan fingerprint density at radius 2 is 2.21 bits per heavy atom. The average Bonchev–Trinajstić information content (AvgIpc) is 3.27. The summed E-state index contributed by atoms with van der Waals surface area (Å²) in [5, 5.41) is 9.70. The minimum absolute atomic E-state index is 0.0219. The second-order valence-corrected chi connectivity index (χ2v) is 6.70. The van der Waals surface area contributed by atoms with Gasteiger partial charge in [0.1, 0.15) is 16.8 Å². The number of amides is 1. The molecule has 24 heavy (non-hydrogen) atoms. The van der Waals surface area contributed by atoms with Gasteiger partial charge < -0.3 is 9.64 Å².